The molecule has 3 nitrogen and oxygen atoms in total. The number of nitrogens with zero attached hydrogens (tertiary/aromatic N) is 1. The molecule has 0 aliphatic rings. The molecule has 4 heteroatoms. The van der Waals surface area contributed by atoms with Gasteiger partial charge in [0.05, 0.1) is 6.20 Å². The number of H-pyrrole nitrogens is 1. The van der Waals surface area contributed by atoms with Crippen LogP contribution in [-0.4, -0.2) is 14.7 Å². The van der Waals surface area contributed by atoms with E-state index in [2.05, 4.69) is 29.2 Å². The average Bonchev–Trinajstić information content (AvgIpc) is 2.85. The maximum absolute atomic E-state index is 9.94. The Balaban J connectivity index is 2.03. The highest BCUT2D eigenvalue weighted by Crippen LogP contribution is 2.28. The SMILES string of the molecule is Oc1c[nH]c(=S)n1CC(c1ccccc1)c1ccccc1. The monoisotopic (exact) mass is 296 g/mol. The fourth-order valence-electron chi connectivity index (χ4n) is 2.52. The number of rotatable bonds is 4. The second kappa shape index (κ2) is 5.97. The molecule has 0 fully saturated rings. The third-order valence-corrected chi connectivity index (χ3v) is 3.95. The zero-order chi connectivity index (χ0) is 14.7. The Morgan fingerprint density at radius 2 is 1.48 bits per heavy atom. The van der Waals surface area contributed by atoms with Gasteiger partial charge in [-0.05, 0) is 23.3 Å². The topological polar surface area (TPSA) is 40.9 Å². The maximum atomic E-state index is 9.94. The Hall–Kier alpha value is -2.33. The second-order valence-corrected chi connectivity index (χ2v) is 5.32. The number of aromatic amines is 1. The molecule has 21 heavy (non-hydrogen) atoms. The van der Waals surface area contributed by atoms with Gasteiger partial charge >= 0.3 is 0 Å². The van der Waals surface area contributed by atoms with Crippen LogP contribution < -0.4 is 0 Å². The molecule has 0 amide bonds. The van der Waals surface area contributed by atoms with Gasteiger partial charge in [-0.15, -0.1) is 0 Å². The summed E-state index contributed by atoms with van der Waals surface area (Å²) in [5.41, 5.74) is 2.40. The van der Waals surface area contributed by atoms with Crippen LogP contribution in [0.1, 0.15) is 17.0 Å². The number of nitrogens with one attached hydrogen (secondary N) is 1. The van der Waals surface area contributed by atoms with E-state index in [1.165, 1.54) is 17.3 Å². The van der Waals surface area contributed by atoms with E-state index in [0.29, 0.717) is 11.3 Å². The highest BCUT2D eigenvalue weighted by molar-refractivity contribution is 7.71. The average molecular weight is 296 g/mol. The lowest BCUT2D eigenvalue weighted by Crippen LogP contribution is -2.10. The van der Waals surface area contributed by atoms with Crippen LogP contribution in [0.5, 0.6) is 5.88 Å². The van der Waals surface area contributed by atoms with Crippen LogP contribution in [0.4, 0.5) is 0 Å². The third kappa shape index (κ3) is 2.90. The summed E-state index contributed by atoms with van der Waals surface area (Å²) < 4.78 is 2.25. The molecule has 0 saturated carbocycles. The van der Waals surface area contributed by atoms with Crippen molar-refractivity contribution in [2.45, 2.75) is 12.5 Å². The maximum Gasteiger partial charge on any atom is 0.209 e. The van der Waals surface area contributed by atoms with E-state index in [1.54, 1.807) is 4.57 Å². The van der Waals surface area contributed by atoms with Gasteiger partial charge in [0.15, 0.2) is 4.77 Å². The first-order chi connectivity index (χ1) is 10.3. The minimum Gasteiger partial charge on any atom is -0.493 e. The van der Waals surface area contributed by atoms with E-state index in [1.807, 2.05) is 36.4 Å². The minimum absolute atomic E-state index is 0.140. The Kier molecular flexibility index (Phi) is 3.88. The van der Waals surface area contributed by atoms with Crippen molar-refractivity contribution in [3.05, 3.63) is 82.8 Å². The van der Waals surface area contributed by atoms with Crippen LogP contribution in [0.25, 0.3) is 0 Å². The van der Waals surface area contributed by atoms with Gasteiger partial charge in [0.2, 0.25) is 5.88 Å². The molecule has 0 saturated heterocycles. The fraction of sp³-hybridized carbons (Fsp3) is 0.118. The van der Waals surface area contributed by atoms with Gasteiger partial charge in [0.25, 0.3) is 0 Å². The van der Waals surface area contributed by atoms with E-state index in [-0.39, 0.29) is 11.8 Å². The van der Waals surface area contributed by atoms with Gasteiger partial charge < -0.3 is 10.1 Å². The Labute approximate surface area is 128 Å². The van der Waals surface area contributed by atoms with Crippen molar-refractivity contribution >= 4 is 12.2 Å². The van der Waals surface area contributed by atoms with Crippen molar-refractivity contribution in [1.82, 2.24) is 9.55 Å². The molecule has 0 bridgehead atoms. The van der Waals surface area contributed by atoms with Gasteiger partial charge in [-0.3, -0.25) is 4.57 Å². The van der Waals surface area contributed by atoms with Gasteiger partial charge in [0.1, 0.15) is 0 Å². The van der Waals surface area contributed by atoms with Crippen LogP contribution in [0.2, 0.25) is 0 Å². The van der Waals surface area contributed by atoms with E-state index in [9.17, 15) is 5.11 Å². The van der Waals surface area contributed by atoms with Crippen molar-refractivity contribution < 1.29 is 5.11 Å². The summed E-state index contributed by atoms with van der Waals surface area (Å²) in [6.45, 7) is 0.599. The summed E-state index contributed by atoms with van der Waals surface area (Å²) in [6, 6.07) is 20.5. The number of benzene rings is 2. The van der Waals surface area contributed by atoms with Gasteiger partial charge in [-0.25, -0.2) is 0 Å². The molecule has 0 spiro atoms. The quantitative estimate of drug-likeness (QED) is 0.712. The van der Waals surface area contributed by atoms with Gasteiger partial charge in [-0.2, -0.15) is 0 Å². The molecule has 0 atom stereocenters. The first-order valence-corrected chi connectivity index (χ1v) is 7.23. The molecule has 3 aromatic rings. The number of hydrogen-bond donors (Lipinski definition) is 2. The van der Waals surface area contributed by atoms with E-state index in [4.69, 9.17) is 12.2 Å². The molecule has 1 aromatic heterocycles. The zero-order valence-corrected chi connectivity index (χ0v) is 12.3. The third-order valence-electron chi connectivity index (χ3n) is 3.62. The molecule has 1 heterocycles. The molecule has 0 radical (unpaired) electrons. The van der Waals surface area contributed by atoms with Crippen LogP contribution >= 0.6 is 12.2 Å². The molecular formula is C17H16N2OS. The van der Waals surface area contributed by atoms with Crippen molar-refractivity contribution in [2.75, 3.05) is 0 Å². The molecule has 0 unspecified atom stereocenters. The minimum atomic E-state index is 0.140. The second-order valence-electron chi connectivity index (χ2n) is 4.94. The number of hydrogen-bond acceptors (Lipinski definition) is 2. The van der Waals surface area contributed by atoms with E-state index >= 15 is 0 Å². The molecule has 2 aromatic carbocycles. The summed E-state index contributed by atoms with van der Waals surface area (Å²) in [5, 5.41) is 9.94. The van der Waals surface area contributed by atoms with Crippen LogP contribution in [0, 0.1) is 4.77 Å². The summed E-state index contributed by atoms with van der Waals surface area (Å²) in [4.78, 5) is 2.87. The van der Waals surface area contributed by atoms with Crippen molar-refractivity contribution in [2.24, 2.45) is 0 Å². The van der Waals surface area contributed by atoms with E-state index < -0.39 is 0 Å². The van der Waals surface area contributed by atoms with Crippen molar-refractivity contribution in [3.63, 3.8) is 0 Å². The molecular weight excluding hydrogens is 280 g/mol. The predicted molar refractivity (Wildman–Crippen MR) is 86.0 cm³/mol. The van der Waals surface area contributed by atoms with Crippen LogP contribution in [-0.2, 0) is 6.54 Å². The first-order valence-electron chi connectivity index (χ1n) is 6.83. The van der Waals surface area contributed by atoms with E-state index in [0.717, 1.165) is 0 Å². The van der Waals surface area contributed by atoms with Gasteiger partial charge in [0, 0.05) is 12.5 Å². The fourth-order valence-corrected chi connectivity index (χ4v) is 2.75. The van der Waals surface area contributed by atoms with Gasteiger partial charge in [-0.1, -0.05) is 60.7 Å². The molecule has 0 aliphatic carbocycles. The Bertz CT molecular complexity index is 723. The molecule has 2 N–H and O–H groups in total. The van der Waals surface area contributed by atoms with Crippen LogP contribution in [0.15, 0.2) is 66.9 Å². The molecule has 0 aliphatic heterocycles. The lowest BCUT2D eigenvalue weighted by Gasteiger charge is -2.19. The van der Waals surface area contributed by atoms with Crippen molar-refractivity contribution in [1.29, 1.82) is 0 Å². The Morgan fingerprint density at radius 1 is 0.952 bits per heavy atom. The molecule has 106 valence electrons. The lowest BCUT2D eigenvalue weighted by molar-refractivity contribution is 0.409. The van der Waals surface area contributed by atoms with Crippen LogP contribution in [0.3, 0.4) is 0 Å². The lowest BCUT2D eigenvalue weighted by atomic mass is 9.91. The number of aromatic nitrogens is 2. The summed E-state index contributed by atoms with van der Waals surface area (Å²) in [7, 11) is 0. The highest BCUT2D eigenvalue weighted by Gasteiger charge is 2.16. The summed E-state index contributed by atoms with van der Waals surface area (Å²) >= 11 is 5.24. The molecule has 3 rings (SSSR count). The number of aromatic hydroxyl groups is 1. The Morgan fingerprint density at radius 3 is 1.90 bits per heavy atom. The summed E-state index contributed by atoms with van der Waals surface area (Å²) in [5.74, 6) is 0.303. The highest BCUT2D eigenvalue weighted by atomic mass is 32.1. The predicted octanol–water partition coefficient (Wildman–Crippen LogP) is 4.08. The largest absolute Gasteiger partial charge is 0.493 e. The summed E-state index contributed by atoms with van der Waals surface area (Å²) in [6.07, 6.45) is 1.52. The normalized spacial score (nSPS) is 10.9. The smallest absolute Gasteiger partial charge is 0.209 e. The first kappa shape index (κ1) is 13.6. The standard InChI is InChI=1S/C17H16N2OS/c20-16-11-18-17(21)19(16)12-15(13-7-3-1-4-8-13)14-9-5-2-6-10-14/h1-11,15,20H,12H2,(H,18,21). The van der Waals surface area contributed by atoms with Crippen molar-refractivity contribution in [3.8, 4) is 5.88 Å². The zero-order valence-electron chi connectivity index (χ0n) is 11.4. The number of imidazole rings is 1.